The molecule has 1 atom stereocenters. The largest absolute Gasteiger partial charge is 0.481 e. The number of para-hydroxylation sites is 1. The van der Waals surface area contributed by atoms with Crippen molar-refractivity contribution in [3.8, 4) is 5.75 Å². The number of anilines is 1. The zero-order valence-electron chi connectivity index (χ0n) is 11.4. The molecular formula is C16H16ClNO2. The third-order valence-electron chi connectivity index (χ3n) is 2.88. The van der Waals surface area contributed by atoms with Gasteiger partial charge in [-0.05, 0) is 43.7 Å². The van der Waals surface area contributed by atoms with Gasteiger partial charge in [-0.3, -0.25) is 4.79 Å². The van der Waals surface area contributed by atoms with Gasteiger partial charge < -0.3 is 10.1 Å². The van der Waals surface area contributed by atoms with Gasteiger partial charge in [0.05, 0.1) is 0 Å². The van der Waals surface area contributed by atoms with E-state index in [1.807, 2.05) is 31.2 Å². The predicted octanol–water partition coefficient (Wildman–Crippen LogP) is 4.05. The van der Waals surface area contributed by atoms with Crippen molar-refractivity contribution >= 4 is 23.2 Å². The highest BCUT2D eigenvalue weighted by Gasteiger charge is 2.15. The molecule has 0 radical (unpaired) electrons. The second-order valence-corrected chi connectivity index (χ2v) is 4.96. The van der Waals surface area contributed by atoms with Crippen LogP contribution in [0.5, 0.6) is 5.75 Å². The molecule has 0 bridgehead atoms. The molecule has 0 saturated carbocycles. The summed E-state index contributed by atoms with van der Waals surface area (Å²) in [5, 5.41) is 3.43. The van der Waals surface area contributed by atoms with Crippen molar-refractivity contribution in [1.29, 1.82) is 0 Å². The van der Waals surface area contributed by atoms with Crippen LogP contribution in [0, 0.1) is 6.92 Å². The summed E-state index contributed by atoms with van der Waals surface area (Å²) in [7, 11) is 0. The second-order valence-electron chi connectivity index (χ2n) is 4.52. The minimum absolute atomic E-state index is 0.195. The molecule has 4 heteroatoms. The van der Waals surface area contributed by atoms with Crippen molar-refractivity contribution in [2.24, 2.45) is 0 Å². The van der Waals surface area contributed by atoms with Crippen LogP contribution in [0.25, 0.3) is 0 Å². The van der Waals surface area contributed by atoms with E-state index in [9.17, 15) is 4.79 Å². The zero-order chi connectivity index (χ0) is 14.5. The number of benzene rings is 2. The van der Waals surface area contributed by atoms with E-state index in [0.717, 1.165) is 11.3 Å². The average molecular weight is 290 g/mol. The molecule has 2 rings (SSSR count). The number of nitrogens with one attached hydrogen (secondary N) is 1. The first-order valence-corrected chi connectivity index (χ1v) is 6.73. The molecule has 0 aliphatic carbocycles. The van der Waals surface area contributed by atoms with Crippen LogP contribution in [0.15, 0.2) is 48.5 Å². The lowest BCUT2D eigenvalue weighted by atomic mass is 10.2. The van der Waals surface area contributed by atoms with E-state index < -0.39 is 6.10 Å². The van der Waals surface area contributed by atoms with Crippen LogP contribution in [-0.4, -0.2) is 12.0 Å². The molecule has 2 aromatic rings. The Hall–Kier alpha value is -2.00. The average Bonchev–Trinajstić information content (AvgIpc) is 2.41. The Morgan fingerprint density at radius 2 is 1.95 bits per heavy atom. The molecular weight excluding hydrogens is 274 g/mol. The molecule has 0 aliphatic rings. The highest BCUT2D eigenvalue weighted by atomic mass is 35.5. The highest BCUT2D eigenvalue weighted by molar-refractivity contribution is 6.30. The number of amides is 1. The molecule has 1 N–H and O–H groups in total. The molecule has 2 aromatic carbocycles. The summed E-state index contributed by atoms with van der Waals surface area (Å²) in [6, 6.07) is 14.6. The lowest BCUT2D eigenvalue weighted by Crippen LogP contribution is -2.30. The fraction of sp³-hybridized carbons (Fsp3) is 0.188. The summed E-state index contributed by atoms with van der Waals surface area (Å²) < 4.78 is 5.57. The number of rotatable bonds is 4. The van der Waals surface area contributed by atoms with Gasteiger partial charge in [-0.25, -0.2) is 0 Å². The number of carbonyl (C=O) groups is 1. The highest BCUT2D eigenvalue weighted by Crippen LogP contribution is 2.19. The normalized spacial score (nSPS) is 11.8. The van der Waals surface area contributed by atoms with Crippen LogP contribution in [0.1, 0.15) is 12.5 Å². The van der Waals surface area contributed by atoms with Gasteiger partial charge in [0.15, 0.2) is 6.10 Å². The number of hydrogen-bond acceptors (Lipinski definition) is 2. The molecule has 104 valence electrons. The minimum Gasteiger partial charge on any atom is -0.481 e. The lowest BCUT2D eigenvalue weighted by molar-refractivity contribution is -0.122. The number of carbonyl (C=O) groups excluding carboxylic acids is 1. The number of ether oxygens (including phenoxy) is 1. The van der Waals surface area contributed by atoms with Crippen LogP contribution < -0.4 is 10.1 Å². The van der Waals surface area contributed by atoms with Crippen LogP contribution in [0.2, 0.25) is 5.02 Å². The molecule has 0 spiro atoms. The summed E-state index contributed by atoms with van der Waals surface area (Å²) in [6.45, 7) is 3.65. The molecule has 20 heavy (non-hydrogen) atoms. The van der Waals surface area contributed by atoms with Crippen LogP contribution in [-0.2, 0) is 4.79 Å². The van der Waals surface area contributed by atoms with E-state index in [-0.39, 0.29) is 5.91 Å². The fourth-order valence-corrected chi connectivity index (χ4v) is 1.93. The van der Waals surface area contributed by atoms with Crippen LogP contribution in [0.3, 0.4) is 0 Å². The first-order valence-electron chi connectivity index (χ1n) is 6.35. The van der Waals surface area contributed by atoms with Crippen molar-refractivity contribution in [3.63, 3.8) is 0 Å². The second kappa shape index (κ2) is 6.44. The standard InChI is InChI=1S/C16H16ClNO2/c1-11-6-3-4-9-15(11)18-16(19)12(2)20-14-8-5-7-13(17)10-14/h3-10,12H,1-2H3,(H,18,19). The van der Waals surface area contributed by atoms with Crippen LogP contribution >= 0.6 is 11.6 Å². The summed E-state index contributed by atoms with van der Waals surface area (Å²) in [6.07, 6.45) is -0.604. The minimum atomic E-state index is -0.604. The Morgan fingerprint density at radius 3 is 2.65 bits per heavy atom. The van der Waals surface area contributed by atoms with E-state index in [1.165, 1.54) is 0 Å². The topological polar surface area (TPSA) is 38.3 Å². The molecule has 1 unspecified atom stereocenters. The van der Waals surface area contributed by atoms with Crippen molar-refractivity contribution in [1.82, 2.24) is 0 Å². The number of aryl methyl sites for hydroxylation is 1. The summed E-state index contributed by atoms with van der Waals surface area (Å²) >= 11 is 5.88. The quantitative estimate of drug-likeness (QED) is 0.922. The van der Waals surface area contributed by atoms with Crippen molar-refractivity contribution in [3.05, 3.63) is 59.1 Å². The molecule has 1 amide bonds. The Morgan fingerprint density at radius 1 is 1.20 bits per heavy atom. The van der Waals surface area contributed by atoms with E-state index in [0.29, 0.717) is 10.8 Å². The van der Waals surface area contributed by atoms with Gasteiger partial charge in [0.1, 0.15) is 5.75 Å². The van der Waals surface area contributed by atoms with Gasteiger partial charge >= 0.3 is 0 Å². The smallest absolute Gasteiger partial charge is 0.265 e. The fourth-order valence-electron chi connectivity index (χ4n) is 1.75. The first kappa shape index (κ1) is 14.4. The van der Waals surface area contributed by atoms with E-state index in [4.69, 9.17) is 16.3 Å². The number of hydrogen-bond donors (Lipinski definition) is 1. The molecule has 0 aromatic heterocycles. The van der Waals surface area contributed by atoms with Gasteiger partial charge in [-0.2, -0.15) is 0 Å². The SMILES string of the molecule is Cc1ccccc1NC(=O)C(C)Oc1cccc(Cl)c1. The van der Waals surface area contributed by atoms with Gasteiger partial charge in [-0.1, -0.05) is 35.9 Å². The summed E-state index contributed by atoms with van der Waals surface area (Å²) in [5.74, 6) is 0.379. The molecule has 0 heterocycles. The van der Waals surface area contributed by atoms with Gasteiger partial charge in [-0.15, -0.1) is 0 Å². The monoisotopic (exact) mass is 289 g/mol. The Balaban J connectivity index is 2.01. The predicted molar refractivity (Wildman–Crippen MR) is 81.4 cm³/mol. The lowest BCUT2D eigenvalue weighted by Gasteiger charge is -2.15. The van der Waals surface area contributed by atoms with Gasteiger partial charge in [0.25, 0.3) is 5.91 Å². The van der Waals surface area contributed by atoms with E-state index in [1.54, 1.807) is 31.2 Å². The first-order chi connectivity index (χ1) is 9.56. The van der Waals surface area contributed by atoms with Crippen LogP contribution in [0.4, 0.5) is 5.69 Å². The summed E-state index contributed by atoms with van der Waals surface area (Å²) in [4.78, 5) is 12.1. The van der Waals surface area contributed by atoms with E-state index >= 15 is 0 Å². The molecule has 0 saturated heterocycles. The third-order valence-corrected chi connectivity index (χ3v) is 3.12. The molecule has 3 nitrogen and oxygen atoms in total. The molecule has 0 fully saturated rings. The third kappa shape index (κ3) is 3.75. The number of halogens is 1. The van der Waals surface area contributed by atoms with Gasteiger partial charge in [0, 0.05) is 10.7 Å². The van der Waals surface area contributed by atoms with Gasteiger partial charge in [0.2, 0.25) is 0 Å². The Kier molecular flexibility index (Phi) is 4.64. The van der Waals surface area contributed by atoms with Crippen molar-refractivity contribution < 1.29 is 9.53 Å². The Bertz CT molecular complexity index is 613. The zero-order valence-corrected chi connectivity index (χ0v) is 12.1. The Labute approximate surface area is 123 Å². The van der Waals surface area contributed by atoms with Crippen molar-refractivity contribution in [2.45, 2.75) is 20.0 Å². The summed E-state index contributed by atoms with van der Waals surface area (Å²) in [5.41, 5.74) is 1.80. The van der Waals surface area contributed by atoms with E-state index in [2.05, 4.69) is 5.32 Å². The maximum Gasteiger partial charge on any atom is 0.265 e. The molecule has 0 aliphatic heterocycles. The van der Waals surface area contributed by atoms with Crippen molar-refractivity contribution in [2.75, 3.05) is 5.32 Å². The maximum absolute atomic E-state index is 12.1. The maximum atomic E-state index is 12.1.